The van der Waals surface area contributed by atoms with Gasteiger partial charge in [-0.15, -0.1) is 0 Å². The maximum Gasteiger partial charge on any atom is 0.281 e. The van der Waals surface area contributed by atoms with Crippen molar-refractivity contribution in [2.24, 2.45) is 0 Å². The molecule has 0 saturated heterocycles. The van der Waals surface area contributed by atoms with Crippen molar-refractivity contribution in [2.45, 2.75) is 12.9 Å². The molecule has 0 aliphatic rings. The SMILES string of the molecule is O=C(Nc1ccc(Nc2cccc3nc(C(F)F)cn23)cc1)c1cccc(NCC(F)F)n1. The molecular weight excluding hydrogens is 440 g/mol. The number of amides is 1. The van der Waals surface area contributed by atoms with Crippen molar-refractivity contribution in [3.8, 4) is 0 Å². The number of hydrogen-bond donors (Lipinski definition) is 3. The highest BCUT2D eigenvalue weighted by Gasteiger charge is 2.14. The summed E-state index contributed by atoms with van der Waals surface area (Å²) in [5, 5.41) is 8.27. The average molecular weight is 458 g/mol. The highest BCUT2D eigenvalue weighted by Crippen LogP contribution is 2.24. The Labute approximate surface area is 185 Å². The number of pyridine rings is 2. The second-order valence-electron chi connectivity index (χ2n) is 6.94. The quantitative estimate of drug-likeness (QED) is 0.311. The van der Waals surface area contributed by atoms with E-state index in [0.717, 1.165) is 0 Å². The molecule has 0 unspecified atom stereocenters. The standard InChI is InChI=1S/C22H18F4N6O/c23-17(24)11-27-18-4-1-3-15(30-18)22(33)29-14-9-7-13(8-10-14)28-19-5-2-6-20-31-16(21(25)26)12-32(19)20/h1-10,12,17,21,28H,11H2,(H,27,30)(H,29,33). The predicted octanol–water partition coefficient (Wildman–Crippen LogP) is 5.34. The molecule has 0 fully saturated rings. The van der Waals surface area contributed by atoms with E-state index in [1.807, 2.05) is 0 Å². The van der Waals surface area contributed by atoms with Crippen molar-refractivity contribution in [3.63, 3.8) is 0 Å². The van der Waals surface area contributed by atoms with Gasteiger partial charge in [0.2, 0.25) is 0 Å². The average Bonchev–Trinajstić information content (AvgIpc) is 3.25. The smallest absolute Gasteiger partial charge is 0.281 e. The maximum atomic E-state index is 13.0. The molecule has 0 bridgehead atoms. The summed E-state index contributed by atoms with van der Waals surface area (Å²) in [5.41, 5.74) is 1.28. The molecule has 33 heavy (non-hydrogen) atoms. The number of nitrogens with one attached hydrogen (secondary N) is 3. The lowest BCUT2D eigenvalue weighted by atomic mass is 10.2. The van der Waals surface area contributed by atoms with E-state index in [-0.39, 0.29) is 17.2 Å². The summed E-state index contributed by atoms with van der Waals surface area (Å²) < 4.78 is 52.1. The Hall–Kier alpha value is -4.15. The third-order valence-corrected chi connectivity index (χ3v) is 4.57. The lowest BCUT2D eigenvalue weighted by Crippen LogP contribution is -2.16. The van der Waals surface area contributed by atoms with Crippen LogP contribution in [0.25, 0.3) is 5.65 Å². The molecular formula is C22H18F4N6O. The van der Waals surface area contributed by atoms with Crippen LogP contribution in [0.3, 0.4) is 0 Å². The van der Waals surface area contributed by atoms with Crippen LogP contribution in [0.2, 0.25) is 0 Å². The monoisotopic (exact) mass is 458 g/mol. The normalized spacial score (nSPS) is 11.2. The van der Waals surface area contributed by atoms with Gasteiger partial charge < -0.3 is 16.0 Å². The summed E-state index contributed by atoms with van der Waals surface area (Å²) in [5.74, 6) is 0.214. The van der Waals surface area contributed by atoms with Crippen LogP contribution in [-0.4, -0.2) is 33.2 Å². The van der Waals surface area contributed by atoms with E-state index in [4.69, 9.17) is 0 Å². The molecule has 0 saturated carbocycles. The number of rotatable bonds is 8. The first kappa shape index (κ1) is 22.1. The number of alkyl halides is 4. The fourth-order valence-electron chi connectivity index (χ4n) is 3.06. The lowest BCUT2D eigenvalue weighted by Gasteiger charge is -2.11. The van der Waals surface area contributed by atoms with Gasteiger partial charge in [-0.05, 0) is 48.5 Å². The first-order valence-corrected chi connectivity index (χ1v) is 9.83. The second kappa shape index (κ2) is 9.55. The summed E-state index contributed by atoms with van der Waals surface area (Å²) in [6.07, 6.45) is -3.94. The summed E-state index contributed by atoms with van der Waals surface area (Å²) in [7, 11) is 0. The van der Waals surface area contributed by atoms with Gasteiger partial charge in [0.1, 0.15) is 28.7 Å². The van der Waals surface area contributed by atoms with Crippen LogP contribution in [0, 0.1) is 0 Å². The molecule has 0 aliphatic heterocycles. The highest BCUT2D eigenvalue weighted by molar-refractivity contribution is 6.03. The molecule has 0 atom stereocenters. The molecule has 4 rings (SSSR count). The number of carbonyl (C=O) groups is 1. The van der Waals surface area contributed by atoms with Gasteiger partial charge in [-0.1, -0.05) is 12.1 Å². The Morgan fingerprint density at radius 1 is 0.909 bits per heavy atom. The van der Waals surface area contributed by atoms with Gasteiger partial charge >= 0.3 is 0 Å². The van der Waals surface area contributed by atoms with Crippen LogP contribution in [0.15, 0.2) is 66.9 Å². The molecule has 1 aromatic carbocycles. The Morgan fingerprint density at radius 3 is 2.36 bits per heavy atom. The van der Waals surface area contributed by atoms with Crippen LogP contribution < -0.4 is 16.0 Å². The predicted molar refractivity (Wildman–Crippen MR) is 117 cm³/mol. The Bertz CT molecular complexity index is 1260. The van der Waals surface area contributed by atoms with E-state index >= 15 is 0 Å². The number of benzene rings is 1. The van der Waals surface area contributed by atoms with Crippen LogP contribution in [0.5, 0.6) is 0 Å². The largest absolute Gasteiger partial charge is 0.364 e. The fraction of sp³-hybridized carbons (Fsp3) is 0.136. The minimum Gasteiger partial charge on any atom is -0.364 e. The van der Waals surface area contributed by atoms with Gasteiger partial charge in [-0.2, -0.15) is 0 Å². The van der Waals surface area contributed by atoms with E-state index in [1.165, 1.54) is 22.7 Å². The Kier molecular flexibility index (Phi) is 6.38. The lowest BCUT2D eigenvalue weighted by molar-refractivity contribution is 0.102. The third-order valence-electron chi connectivity index (χ3n) is 4.57. The van der Waals surface area contributed by atoms with Crippen molar-refractivity contribution in [1.29, 1.82) is 0 Å². The Balaban J connectivity index is 1.43. The number of nitrogens with zero attached hydrogens (tertiary/aromatic N) is 3. The van der Waals surface area contributed by atoms with Crippen molar-refractivity contribution in [1.82, 2.24) is 14.4 Å². The van der Waals surface area contributed by atoms with Crippen molar-refractivity contribution >= 4 is 34.6 Å². The molecule has 11 heteroatoms. The van der Waals surface area contributed by atoms with Gasteiger partial charge in [0.15, 0.2) is 0 Å². The first-order chi connectivity index (χ1) is 15.9. The second-order valence-corrected chi connectivity index (χ2v) is 6.94. The van der Waals surface area contributed by atoms with E-state index in [2.05, 4.69) is 25.9 Å². The molecule has 7 nitrogen and oxygen atoms in total. The fourth-order valence-corrected chi connectivity index (χ4v) is 3.06. The third kappa shape index (κ3) is 5.37. The molecule has 1 amide bonds. The topological polar surface area (TPSA) is 83.4 Å². The number of hydrogen-bond acceptors (Lipinski definition) is 5. The number of fused-ring (bicyclic) bond motifs is 1. The minimum atomic E-state index is -2.67. The van der Waals surface area contributed by atoms with E-state index in [0.29, 0.717) is 22.8 Å². The minimum absolute atomic E-state index is 0.0677. The van der Waals surface area contributed by atoms with Crippen molar-refractivity contribution < 1.29 is 22.4 Å². The summed E-state index contributed by atoms with van der Waals surface area (Å²) >= 11 is 0. The van der Waals surface area contributed by atoms with Crippen molar-refractivity contribution in [3.05, 3.63) is 78.2 Å². The molecule has 3 aromatic heterocycles. The summed E-state index contributed by atoms with van der Waals surface area (Å²) in [6, 6.07) is 16.3. The molecule has 0 spiro atoms. The maximum absolute atomic E-state index is 13.0. The zero-order chi connectivity index (χ0) is 23.4. The first-order valence-electron chi connectivity index (χ1n) is 9.83. The molecule has 3 N–H and O–H groups in total. The number of anilines is 4. The Morgan fingerprint density at radius 2 is 1.64 bits per heavy atom. The molecule has 3 heterocycles. The number of imidazole rings is 1. The van der Waals surface area contributed by atoms with Crippen LogP contribution in [-0.2, 0) is 0 Å². The number of aromatic nitrogens is 3. The highest BCUT2D eigenvalue weighted by atomic mass is 19.3. The van der Waals surface area contributed by atoms with Gasteiger partial charge in [0, 0.05) is 17.6 Å². The molecule has 0 radical (unpaired) electrons. The van der Waals surface area contributed by atoms with E-state index in [1.54, 1.807) is 48.5 Å². The summed E-state index contributed by atoms with van der Waals surface area (Å²) in [6.45, 7) is -0.567. The van der Waals surface area contributed by atoms with Crippen LogP contribution in [0.1, 0.15) is 22.6 Å². The van der Waals surface area contributed by atoms with Crippen molar-refractivity contribution in [2.75, 3.05) is 22.5 Å². The molecule has 4 aromatic rings. The van der Waals surface area contributed by atoms with Gasteiger partial charge in [0.05, 0.1) is 6.54 Å². The number of carbonyl (C=O) groups excluding carboxylic acids is 1. The van der Waals surface area contributed by atoms with Crippen LogP contribution in [0.4, 0.5) is 40.6 Å². The van der Waals surface area contributed by atoms with Gasteiger partial charge in [-0.25, -0.2) is 27.5 Å². The van der Waals surface area contributed by atoms with E-state index in [9.17, 15) is 22.4 Å². The number of halogens is 4. The summed E-state index contributed by atoms with van der Waals surface area (Å²) in [4.78, 5) is 20.4. The van der Waals surface area contributed by atoms with Gasteiger partial charge in [0.25, 0.3) is 18.8 Å². The zero-order valence-corrected chi connectivity index (χ0v) is 17.0. The van der Waals surface area contributed by atoms with E-state index < -0.39 is 25.3 Å². The zero-order valence-electron chi connectivity index (χ0n) is 17.0. The van der Waals surface area contributed by atoms with Crippen LogP contribution >= 0.6 is 0 Å². The molecule has 0 aliphatic carbocycles. The molecule has 170 valence electrons. The van der Waals surface area contributed by atoms with Gasteiger partial charge in [-0.3, -0.25) is 9.20 Å².